The maximum atomic E-state index is 12.2. The smallest absolute Gasteiger partial charge is 0.211 e. The number of carbonyl (C=O) groups is 1. The number of phenolic OH excluding ortho intramolecular Hbond substituents is 4. The van der Waals surface area contributed by atoms with Crippen LogP contribution in [0.1, 0.15) is 23.3 Å². The minimum absolute atomic E-state index is 0.00825. The molecule has 0 amide bonds. The van der Waals surface area contributed by atoms with Gasteiger partial charge in [0.1, 0.15) is 17.6 Å². The first-order chi connectivity index (χ1) is 10.4. The van der Waals surface area contributed by atoms with Gasteiger partial charge in [-0.15, -0.1) is 0 Å². The molecule has 0 saturated heterocycles. The number of hydrogen-bond acceptors (Lipinski definition) is 7. The van der Waals surface area contributed by atoms with Crippen LogP contribution in [0.15, 0.2) is 30.3 Å². The minimum atomic E-state index is -1.71. The van der Waals surface area contributed by atoms with Crippen molar-refractivity contribution >= 4 is 5.78 Å². The molecule has 5 N–H and O–H groups in total. The fraction of sp³-hybridized carbons (Fsp3) is 0.133. The highest BCUT2D eigenvalue weighted by Gasteiger charge is 2.40. The SMILES string of the molecule is O=C1C(O)c2c(O)cc(O)c(O)c2OC1c1ccc(O)cc1. The zero-order valence-electron chi connectivity index (χ0n) is 11.1. The zero-order chi connectivity index (χ0) is 16.0. The number of phenols is 4. The molecule has 0 saturated carbocycles. The number of ether oxygens (including phenoxy) is 1. The molecule has 1 aliphatic heterocycles. The summed E-state index contributed by atoms with van der Waals surface area (Å²) in [5.41, 5.74) is 0.0464. The van der Waals surface area contributed by atoms with E-state index >= 15 is 0 Å². The average Bonchev–Trinajstić information content (AvgIpc) is 2.48. The van der Waals surface area contributed by atoms with Crippen molar-refractivity contribution in [1.29, 1.82) is 0 Å². The van der Waals surface area contributed by atoms with E-state index in [-0.39, 0.29) is 17.1 Å². The highest BCUT2D eigenvalue weighted by atomic mass is 16.5. The summed E-state index contributed by atoms with van der Waals surface area (Å²) in [6.07, 6.45) is -2.95. The van der Waals surface area contributed by atoms with Crippen molar-refractivity contribution in [3.05, 3.63) is 41.5 Å². The molecule has 22 heavy (non-hydrogen) atoms. The first kappa shape index (κ1) is 14.0. The largest absolute Gasteiger partial charge is 0.508 e. The summed E-state index contributed by atoms with van der Waals surface area (Å²) in [4.78, 5) is 12.2. The Labute approximate surface area is 124 Å². The second-order valence-corrected chi connectivity index (χ2v) is 4.90. The molecule has 0 aromatic heterocycles. The van der Waals surface area contributed by atoms with E-state index < -0.39 is 35.2 Å². The number of ketones is 1. The van der Waals surface area contributed by atoms with Gasteiger partial charge in [0, 0.05) is 11.6 Å². The van der Waals surface area contributed by atoms with Crippen molar-refractivity contribution < 1.29 is 35.1 Å². The Balaban J connectivity index is 2.12. The lowest BCUT2D eigenvalue weighted by atomic mass is 9.92. The summed E-state index contributed by atoms with van der Waals surface area (Å²) in [5.74, 6) is -2.98. The van der Waals surface area contributed by atoms with Crippen LogP contribution < -0.4 is 4.74 Å². The normalized spacial score (nSPS) is 20.3. The van der Waals surface area contributed by atoms with E-state index in [1.807, 2.05) is 0 Å². The molecule has 1 aliphatic rings. The zero-order valence-corrected chi connectivity index (χ0v) is 11.1. The summed E-state index contributed by atoms with van der Waals surface area (Å²) in [6, 6.07) is 6.35. The van der Waals surface area contributed by atoms with Crippen LogP contribution in [0.4, 0.5) is 0 Å². The van der Waals surface area contributed by atoms with E-state index in [0.717, 1.165) is 6.07 Å². The molecule has 0 bridgehead atoms. The van der Waals surface area contributed by atoms with E-state index in [0.29, 0.717) is 5.56 Å². The van der Waals surface area contributed by atoms with Crippen LogP contribution >= 0.6 is 0 Å². The number of aromatic hydroxyl groups is 4. The van der Waals surface area contributed by atoms with Crippen LogP contribution in [0.3, 0.4) is 0 Å². The Morgan fingerprint density at radius 1 is 0.955 bits per heavy atom. The van der Waals surface area contributed by atoms with Gasteiger partial charge < -0.3 is 30.3 Å². The third-order valence-corrected chi connectivity index (χ3v) is 3.48. The molecule has 0 aliphatic carbocycles. The maximum Gasteiger partial charge on any atom is 0.211 e. The van der Waals surface area contributed by atoms with Gasteiger partial charge in [0.2, 0.25) is 11.5 Å². The summed E-state index contributed by atoms with van der Waals surface area (Å²) in [6.45, 7) is 0. The Kier molecular flexibility index (Phi) is 3.07. The van der Waals surface area contributed by atoms with Crippen molar-refractivity contribution in [3.8, 4) is 28.7 Å². The molecule has 0 fully saturated rings. The van der Waals surface area contributed by atoms with E-state index in [1.54, 1.807) is 0 Å². The average molecular weight is 304 g/mol. The van der Waals surface area contributed by atoms with Gasteiger partial charge in [-0.2, -0.15) is 0 Å². The van der Waals surface area contributed by atoms with Crippen LogP contribution in [-0.2, 0) is 4.79 Å². The lowest BCUT2D eigenvalue weighted by Crippen LogP contribution is -2.30. The van der Waals surface area contributed by atoms with E-state index in [2.05, 4.69) is 0 Å². The second-order valence-electron chi connectivity index (χ2n) is 4.90. The number of aliphatic hydroxyl groups is 1. The number of Topliss-reactive ketones (excluding diaryl/α,β-unsaturated/α-hetero) is 1. The molecule has 2 unspecified atom stereocenters. The third kappa shape index (κ3) is 1.99. The van der Waals surface area contributed by atoms with Gasteiger partial charge in [0.05, 0.1) is 5.56 Å². The number of benzene rings is 2. The summed E-state index contributed by atoms with van der Waals surface area (Å²) >= 11 is 0. The fourth-order valence-electron chi connectivity index (χ4n) is 2.36. The molecule has 3 rings (SSSR count). The molecule has 7 heteroatoms. The molecular weight excluding hydrogens is 292 g/mol. The van der Waals surface area contributed by atoms with Gasteiger partial charge in [-0.1, -0.05) is 12.1 Å². The number of aliphatic hydroxyl groups excluding tert-OH is 1. The standard InChI is InChI=1S/C15H12O7/c16-7-3-1-6(2-4-7)14-13(21)12(20)10-8(17)5-9(18)11(19)15(10)22-14/h1-5,12,14,16-20H. The monoisotopic (exact) mass is 304 g/mol. The van der Waals surface area contributed by atoms with Crippen LogP contribution in [0, 0.1) is 0 Å². The van der Waals surface area contributed by atoms with Gasteiger partial charge in [-0.3, -0.25) is 4.79 Å². The van der Waals surface area contributed by atoms with Crippen LogP contribution in [0.25, 0.3) is 0 Å². The number of rotatable bonds is 1. The third-order valence-electron chi connectivity index (χ3n) is 3.48. The predicted octanol–water partition coefficient (Wildman–Crippen LogP) is 1.25. The molecule has 7 nitrogen and oxygen atoms in total. The van der Waals surface area contributed by atoms with Crippen LogP contribution in [0.5, 0.6) is 28.7 Å². The van der Waals surface area contributed by atoms with Crippen molar-refractivity contribution in [3.63, 3.8) is 0 Å². The van der Waals surface area contributed by atoms with Crippen molar-refractivity contribution in [2.24, 2.45) is 0 Å². The van der Waals surface area contributed by atoms with Crippen molar-refractivity contribution in [1.82, 2.24) is 0 Å². The molecule has 1 heterocycles. The summed E-state index contributed by atoms with van der Waals surface area (Å²) < 4.78 is 5.37. The topological polar surface area (TPSA) is 127 Å². The number of hydrogen-bond donors (Lipinski definition) is 5. The predicted molar refractivity (Wildman–Crippen MR) is 72.9 cm³/mol. The maximum absolute atomic E-state index is 12.2. The van der Waals surface area contributed by atoms with Gasteiger partial charge in [0.25, 0.3) is 0 Å². The fourth-order valence-corrected chi connectivity index (χ4v) is 2.36. The van der Waals surface area contributed by atoms with Crippen LogP contribution in [0.2, 0.25) is 0 Å². The van der Waals surface area contributed by atoms with E-state index in [9.17, 15) is 30.3 Å². The Morgan fingerprint density at radius 2 is 1.59 bits per heavy atom. The van der Waals surface area contributed by atoms with Gasteiger partial charge >= 0.3 is 0 Å². The highest BCUT2D eigenvalue weighted by molar-refractivity contribution is 5.93. The molecule has 0 spiro atoms. The molecule has 2 aromatic carbocycles. The molecule has 2 atom stereocenters. The number of carbonyl (C=O) groups excluding carboxylic acids is 1. The van der Waals surface area contributed by atoms with Crippen molar-refractivity contribution in [2.45, 2.75) is 12.2 Å². The van der Waals surface area contributed by atoms with Crippen LogP contribution in [-0.4, -0.2) is 31.3 Å². The molecule has 2 aromatic rings. The minimum Gasteiger partial charge on any atom is -0.508 e. The summed E-state index contributed by atoms with van der Waals surface area (Å²) in [5, 5.41) is 48.4. The second kappa shape index (κ2) is 4.81. The Morgan fingerprint density at radius 3 is 2.23 bits per heavy atom. The van der Waals surface area contributed by atoms with E-state index in [1.165, 1.54) is 24.3 Å². The van der Waals surface area contributed by atoms with Crippen molar-refractivity contribution in [2.75, 3.05) is 0 Å². The quantitative estimate of drug-likeness (QED) is 0.396. The van der Waals surface area contributed by atoms with Gasteiger partial charge in [-0.25, -0.2) is 0 Å². The Bertz CT molecular complexity index is 751. The van der Waals surface area contributed by atoms with Gasteiger partial charge in [-0.05, 0) is 12.1 Å². The molecular formula is C15H12O7. The Hall–Kier alpha value is -2.93. The molecule has 114 valence electrons. The lowest BCUT2D eigenvalue weighted by molar-refractivity contribution is -0.137. The highest BCUT2D eigenvalue weighted by Crippen LogP contribution is 2.51. The summed E-state index contributed by atoms with van der Waals surface area (Å²) in [7, 11) is 0. The van der Waals surface area contributed by atoms with E-state index in [4.69, 9.17) is 4.74 Å². The number of fused-ring (bicyclic) bond motifs is 1. The molecule has 0 radical (unpaired) electrons. The van der Waals surface area contributed by atoms with Gasteiger partial charge in [0.15, 0.2) is 17.6 Å². The first-order valence-electron chi connectivity index (χ1n) is 6.35. The first-order valence-corrected chi connectivity index (χ1v) is 6.35. The lowest BCUT2D eigenvalue weighted by Gasteiger charge is -2.29.